The molecule has 2 heterocycles. The Labute approximate surface area is 221 Å². The minimum absolute atomic E-state index is 0.0793. The Morgan fingerprint density at radius 1 is 1.03 bits per heavy atom. The maximum Gasteiger partial charge on any atom is 0.260 e. The molecule has 4 aromatic rings. The van der Waals surface area contributed by atoms with Crippen LogP contribution < -0.4 is 4.74 Å². The number of nitrogens with zero attached hydrogens (tertiary/aromatic N) is 4. The smallest absolute Gasteiger partial charge is 0.260 e. The zero-order valence-corrected chi connectivity index (χ0v) is 21.3. The largest absolute Gasteiger partial charge is 0.484 e. The molecule has 0 saturated carbocycles. The Bertz CT molecular complexity index is 1410. The van der Waals surface area contributed by atoms with Crippen molar-refractivity contribution in [2.45, 2.75) is 33.0 Å². The summed E-state index contributed by atoms with van der Waals surface area (Å²) in [4.78, 5) is 16.9. The standard InChI is InChI=1S/C30H30F2N4O2/c1-2-35(30(37)21-38-25-12-4-3-5-13-25)20-28-26-19-34(18-22-9-6-7-14-27(22)32)16-15-29(26)36(33-28)24-11-8-10-23(31)17-24/h3-14,17H,2,15-16,18-21H2,1H3. The number of hydrogen-bond acceptors (Lipinski definition) is 4. The lowest BCUT2D eigenvalue weighted by Gasteiger charge is -2.28. The van der Waals surface area contributed by atoms with Gasteiger partial charge in [-0.3, -0.25) is 9.69 Å². The van der Waals surface area contributed by atoms with E-state index in [1.165, 1.54) is 18.2 Å². The predicted molar refractivity (Wildman–Crippen MR) is 141 cm³/mol. The molecule has 1 aliphatic heterocycles. The van der Waals surface area contributed by atoms with E-state index in [1.54, 1.807) is 27.8 Å². The molecule has 196 valence electrons. The summed E-state index contributed by atoms with van der Waals surface area (Å²) in [6.07, 6.45) is 0.671. The summed E-state index contributed by atoms with van der Waals surface area (Å²) in [7, 11) is 0. The number of benzene rings is 3. The molecule has 0 fully saturated rings. The van der Waals surface area contributed by atoms with Gasteiger partial charge in [0, 0.05) is 43.7 Å². The van der Waals surface area contributed by atoms with Gasteiger partial charge in [0.15, 0.2) is 6.61 Å². The molecular formula is C30H30F2N4O2. The van der Waals surface area contributed by atoms with E-state index >= 15 is 0 Å². The molecule has 0 radical (unpaired) electrons. The van der Waals surface area contributed by atoms with E-state index in [4.69, 9.17) is 9.84 Å². The van der Waals surface area contributed by atoms with E-state index in [0.29, 0.717) is 56.1 Å². The third-order valence-corrected chi connectivity index (χ3v) is 6.80. The van der Waals surface area contributed by atoms with Gasteiger partial charge >= 0.3 is 0 Å². The highest BCUT2D eigenvalue weighted by Gasteiger charge is 2.28. The second-order valence-electron chi connectivity index (χ2n) is 9.33. The van der Waals surface area contributed by atoms with Gasteiger partial charge in [-0.05, 0) is 43.3 Å². The van der Waals surface area contributed by atoms with Crippen LogP contribution in [0.5, 0.6) is 5.75 Å². The van der Waals surface area contributed by atoms with Gasteiger partial charge in [0.1, 0.15) is 17.4 Å². The molecule has 0 N–H and O–H groups in total. The van der Waals surface area contributed by atoms with Crippen molar-refractivity contribution in [1.82, 2.24) is 19.6 Å². The predicted octanol–water partition coefficient (Wildman–Crippen LogP) is 5.14. The number of ether oxygens (including phenoxy) is 1. The Balaban J connectivity index is 1.40. The van der Waals surface area contributed by atoms with Crippen LogP contribution in [0.15, 0.2) is 78.9 Å². The zero-order valence-electron chi connectivity index (χ0n) is 21.3. The van der Waals surface area contributed by atoms with Crippen LogP contribution in [-0.4, -0.2) is 45.2 Å². The Morgan fingerprint density at radius 3 is 2.58 bits per heavy atom. The minimum atomic E-state index is -0.339. The number of halogens is 2. The molecule has 38 heavy (non-hydrogen) atoms. The first-order chi connectivity index (χ1) is 18.5. The van der Waals surface area contributed by atoms with Crippen molar-refractivity contribution in [3.63, 3.8) is 0 Å². The van der Waals surface area contributed by atoms with E-state index in [-0.39, 0.29) is 24.1 Å². The third kappa shape index (κ3) is 5.75. The van der Waals surface area contributed by atoms with Gasteiger partial charge in [0.05, 0.1) is 23.6 Å². The normalized spacial score (nSPS) is 13.2. The summed E-state index contributed by atoms with van der Waals surface area (Å²) in [6.45, 7) is 4.36. The van der Waals surface area contributed by atoms with Gasteiger partial charge in [-0.1, -0.05) is 42.5 Å². The molecule has 0 unspecified atom stereocenters. The van der Waals surface area contributed by atoms with Crippen LogP contribution >= 0.6 is 0 Å². The fourth-order valence-corrected chi connectivity index (χ4v) is 4.80. The first-order valence-corrected chi connectivity index (χ1v) is 12.8. The fourth-order valence-electron chi connectivity index (χ4n) is 4.80. The molecule has 3 aromatic carbocycles. The highest BCUT2D eigenvalue weighted by atomic mass is 19.1. The second-order valence-corrected chi connectivity index (χ2v) is 9.33. The SMILES string of the molecule is CCN(Cc1nn(-c2cccc(F)c2)c2c1CN(Cc1ccccc1F)CC2)C(=O)COc1ccccc1. The highest BCUT2D eigenvalue weighted by Crippen LogP contribution is 2.28. The molecule has 0 bridgehead atoms. The molecule has 8 heteroatoms. The zero-order chi connectivity index (χ0) is 26.5. The van der Waals surface area contributed by atoms with Crippen molar-refractivity contribution in [2.24, 2.45) is 0 Å². The number of fused-ring (bicyclic) bond motifs is 1. The average molecular weight is 517 g/mol. The lowest BCUT2D eigenvalue weighted by atomic mass is 10.0. The van der Waals surface area contributed by atoms with Crippen molar-refractivity contribution in [1.29, 1.82) is 0 Å². The average Bonchev–Trinajstić information content (AvgIpc) is 3.30. The molecule has 1 aromatic heterocycles. The summed E-state index contributed by atoms with van der Waals surface area (Å²) in [5, 5.41) is 4.87. The molecule has 5 rings (SSSR count). The van der Waals surface area contributed by atoms with E-state index in [9.17, 15) is 13.6 Å². The quantitative estimate of drug-likeness (QED) is 0.309. The Hall–Kier alpha value is -4.04. The number of carbonyl (C=O) groups is 1. The van der Waals surface area contributed by atoms with E-state index < -0.39 is 0 Å². The number of likely N-dealkylation sites (N-methyl/N-ethyl adjacent to an activating group) is 1. The van der Waals surface area contributed by atoms with Gasteiger partial charge in [0.25, 0.3) is 5.91 Å². The van der Waals surface area contributed by atoms with Gasteiger partial charge < -0.3 is 9.64 Å². The number of carbonyl (C=O) groups excluding carboxylic acids is 1. The Kier molecular flexibility index (Phi) is 7.79. The van der Waals surface area contributed by atoms with Crippen LogP contribution in [-0.2, 0) is 30.8 Å². The minimum Gasteiger partial charge on any atom is -0.484 e. The molecule has 0 aliphatic carbocycles. The molecule has 0 saturated heterocycles. The van der Waals surface area contributed by atoms with Gasteiger partial charge in [-0.2, -0.15) is 5.10 Å². The van der Waals surface area contributed by atoms with Crippen LogP contribution in [0.1, 0.15) is 29.4 Å². The first-order valence-electron chi connectivity index (χ1n) is 12.8. The van der Waals surface area contributed by atoms with Gasteiger partial charge in [-0.25, -0.2) is 13.5 Å². The van der Waals surface area contributed by atoms with E-state index in [2.05, 4.69) is 4.90 Å². The van der Waals surface area contributed by atoms with Gasteiger partial charge in [0.2, 0.25) is 0 Å². The summed E-state index contributed by atoms with van der Waals surface area (Å²) in [5.41, 5.74) is 4.00. The highest BCUT2D eigenvalue weighted by molar-refractivity contribution is 5.77. The third-order valence-electron chi connectivity index (χ3n) is 6.80. The lowest BCUT2D eigenvalue weighted by Crippen LogP contribution is -2.35. The maximum absolute atomic E-state index is 14.4. The Morgan fingerprint density at radius 2 is 1.82 bits per heavy atom. The van der Waals surface area contributed by atoms with Crippen molar-refractivity contribution >= 4 is 5.91 Å². The molecule has 0 atom stereocenters. The molecule has 0 spiro atoms. The second kappa shape index (κ2) is 11.6. The van der Waals surface area contributed by atoms with Crippen LogP contribution in [0, 0.1) is 11.6 Å². The van der Waals surface area contributed by atoms with Gasteiger partial charge in [-0.15, -0.1) is 0 Å². The topological polar surface area (TPSA) is 50.6 Å². The number of amides is 1. The summed E-state index contributed by atoms with van der Waals surface area (Å²) < 4.78 is 35.9. The number of rotatable bonds is 9. The number of para-hydroxylation sites is 1. The van der Waals surface area contributed by atoms with E-state index in [0.717, 1.165) is 17.0 Å². The van der Waals surface area contributed by atoms with Crippen LogP contribution in [0.25, 0.3) is 5.69 Å². The van der Waals surface area contributed by atoms with Crippen molar-refractivity contribution < 1.29 is 18.3 Å². The van der Waals surface area contributed by atoms with Crippen LogP contribution in [0.4, 0.5) is 8.78 Å². The summed E-state index contributed by atoms with van der Waals surface area (Å²) in [5.74, 6) is -0.0817. The molecule has 1 aliphatic rings. The maximum atomic E-state index is 14.4. The molecule has 6 nitrogen and oxygen atoms in total. The molecular weight excluding hydrogens is 486 g/mol. The first kappa shape index (κ1) is 25.6. The van der Waals surface area contributed by atoms with E-state index in [1.807, 2.05) is 49.4 Å². The van der Waals surface area contributed by atoms with Crippen molar-refractivity contribution in [3.05, 3.63) is 113 Å². The van der Waals surface area contributed by atoms with Crippen molar-refractivity contribution in [3.8, 4) is 11.4 Å². The molecule has 1 amide bonds. The van der Waals surface area contributed by atoms with Crippen LogP contribution in [0.2, 0.25) is 0 Å². The number of hydrogen-bond donors (Lipinski definition) is 0. The monoisotopic (exact) mass is 516 g/mol. The summed E-state index contributed by atoms with van der Waals surface area (Å²) in [6, 6.07) is 22.4. The van der Waals surface area contributed by atoms with Crippen LogP contribution in [0.3, 0.4) is 0 Å². The van der Waals surface area contributed by atoms with Crippen molar-refractivity contribution in [2.75, 3.05) is 19.7 Å². The fraction of sp³-hybridized carbons (Fsp3) is 0.267. The summed E-state index contributed by atoms with van der Waals surface area (Å²) >= 11 is 0. The number of aromatic nitrogens is 2. The lowest BCUT2D eigenvalue weighted by molar-refractivity contribution is -0.133.